The topological polar surface area (TPSA) is 126 Å². The fraction of sp³-hybridized carbons (Fsp3) is 0.520. The van der Waals surface area contributed by atoms with E-state index in [1.165, 1.54) is 18.3 Å². The number of hydrogen-bond donors (Lipinski definition) is 4. The van der Waals surface area contributed by atoms with Crippen molar-refractivity contribution in [3.05, 3.63) is 29.5 Å². The summed E-state index contributed by atoms with van der Waals surface area (Å²) in [4.78, 5) is 41.5. The fourth-order valence-electron chi connectivity index (χ4n) is 5.38. The van der Waals surface area contributed by atoms with Gasteiger partial charge in [-0.05, 0) is 51.8 Å². The minimum atomic E-state index is -0.947. The second-order valence-electron chi connectivity index (χ2n) is 10.1. The van der Waals surface area contributed by atoms with E-state index in [-0.39, 0.29) is 17.9 Å². The molecule has 1 saturated carbocycles. The molecule has 0 spiro atoms. The lowest BCUT2D eigenvalue weighted by atomic mass is 10.0. The number of likely N-dealkylation sites (tertiary alicyclic amines) is 1. The lowest BCUT2D eigenvalue weighted by Gasteiger charge is -2.22. The van der Waals surface area contributed by atoms with Crippen molar-refractivity contribution in [2.75, 3.05) is 45.6 Å². The number of aromatic nitrogens is 3. The van der Waals surface area contributed by atoms with E-state index >= 15 is 0 Å². The number of rotatable bonds is 8. The predicted octanol–water partition coefficient (Wildman–Crippen LogP) is 2.01. The Morgan fingerprint density at radius 3 is 2.69 bits per heavy atom. The molecular formula is C25H33N7O3S. The molecule has 4 N–H and O–H groups in total. The molecule has 1 unspecified atom stereocenters. The number of fused-ring (bicyclic) bond motifs is 2. The van der Waals surface area contributed by atoms with Crippen molar-refractivity contribution >= 4 is 39.9 Å². The largest absolute Gasteiger partial charge is 0.384 e. The molecule has 1 saturated heterocycles. The highest BCUT2D eigenvalue weighted by molar-refractivity contribution is 7.17. The summed E-state index contributed by atoms with van der Waals surface area (Å²) in [6.45, 7) is 4.29. The zero-order valence-corrected chi connectivity index (χ0v) is 21.6. The standard InChI is InChI=1S/C25H33N7O3S/c1-14(33)25(35)32-12-15-8-17(9-16(15)13-32)30-21-18-4-5-26-22(18)28-10-19(21)24-29-11-20(36-24)23(34)27-6-7-31(2)3/h4-5,10-11,14-17,33H,6-9,12-13H2,1-3H3,(H,27,34)(H2,26,28,30)/t14-,15-,16+,17?/m0/s1. The molecule has 0 aromatic carbocycles. The minimum Gasteiger partial charge on any atom is -0.384 e. The molecule has 4 atom stereocenters. The molecule has 10 nitrogen and oxygen atoms in total. The highest BCUT2D eigenvalue weighted by Crippen LogP contribution is 2.42. The number of aliphatic hydroxyl groups excluding tert-OH is 1. The van der Waals surface area contributed by atoms with Crippen molar-refractivity contribution in [2.45, 2.75) is 31.9 Å². The number of H-pyrrole nitrogens is 1. The lowest BCUT2D eigenvalue weighted by Crippen LogP contribution is -2.37. The smallest absolute Gasteiger partial charge is 0.263 e. The first-order valence-electron chi connectivity index (χ1n) is 12.4. The number of nitrogens with one attached hydrogen (secondary N) is 3. The zero-order valence-electron chi connectivity index (χ0n) is 20.8. The van der Waals surface area contributed by atoms with E-state index < -0.39 is 6.10 Å². The molecule has 0 radical (unpaired) electrons. The van der Waals surface area contributed by atoms with Crippen LogP contribution in [0.2, 0.25) is 0 Å². The summed E-state index contributed by atoms with van der Waals surface area (Å²) in [5, 5.41) is 18.1. The maximum atomic E-state index is 12.6. The Labute approximate surface area is 214 Å². The van der Waals surface area contributed by atoms with Crippen LogP contribution in [0.3, 0.4) is 0 Å². The monoisotopic (exact) mass is 511 g/mol. The van der Waals surface area contributed by atoms with Gasteiger partial charge in [0.1, 0.15) is 21.6 Å². The molecule has 3 aromatic heterocycles. The number of aliphatic hydroxyl groups is 1. The van der Waals surface area contributed by atoms with Crippen molar-refractivity contribution in [2.24, 2.45) is 11.8 Å². The molecule has 0 bridgehead atoms. The van der Waals surface area contributed by atoms with E-state index in [0.29, 0.717) is 36.3 Å². The van der Waals surface area contributed by atoms with E-state index in [1.54, 1.807) is 11.1 Å². The average molecular weight is 512 g/mol. The third-order valence-corrected chi connectivity index (χ3v) is 8.19. The molecular weight excluding hydrogens is 478 g/mol. The number of carbonyl (C=O) groups excluding carboxylic acids is 2. The van der Waals surface area contributed by atoms with E-state index in [4.69, 9.17) is 0 Å². The molecule has 3 aromatic rings. The van der Waals surface area contributed by atoms with Gasteiger partial charge in [-0.1, -0.05) is 0 Å². The van der Waals surface area contributed by atoms with Gasteiger partial charge in [0.05, 0.1) is 17.4 Å². The van der Waals surface area contributed by atoms with Gasteiger partial charge < -0.3 is 30.5 Å². The van der Waals surface area contributed by atoms with Crippen molar-refractivity contribution in [3.63, 3.8) is 0 Å². The van der Waals surface area contributed by atoms with Gasteiger partial charge in [-0.3, -0.25) is 9.59 Å². The third-order valence-electron chi connectivity index (χ3n) is 7.16. The minimum absolute atomic E-state index is 0.120. The number of anilines is 1. The van der Waals surface area contributed by atoms with Crippen molar-refractivity contribution in [3.8, 4) is 10.6 Å². The van der Waals surface area contributed by atoms with Gasteiger partial charge in [-0.15, -0.1) is 11.3 Å². The summed E-state index contributed by atoms with van der Waals surface area (Å²) < 4.78 is 0. The van der Waals surface area contributed by atoms with Crippen molar-refractivity contribution in [1.29, 1.82) is 0 Å². The summed E-state index contributed by atoms with van der Waals surface area (Å²) >= 11 is 1.36. The Kier molecular flexibility index (Phi) is 6.96. The Balaban J connectivity index is 1.33. The average Bonchev–Trinajstić information content (AvgIpc) is 3.61. The van der Waals surface area contributed by atoms with Crippen LogP contribution in [-0.4, -0.2) is 94.1 Å². The molecule has 4 heterocycles. The van der Waals surface area contributed by atoms with Gasteiger partial charge >= 0.3 is 0 Å². The second-order valence-corrected chi connectivity index (χ2v) is 11.2. The first kappa shape index (κ1) is 24.7. The van der Waals surface area contributed by atoms with Crippen LogP contribution in [0.4, 0.5) is 5.69 Å². The number of nitrogens with zero attached hydrogens (tertiary/aromatic N) is 4. The maximum Gasteiger partial charge on any atom is 0.263 e. The second kappa shape index (κ2) is 10.2. The number of aromatic amines is 1. The molecule has 2 amide bonds. The van der Waals surface area contributed by atoms with E-state index in [2.05, 4.69) is 25.6 Å². The zero-order chi connectivity index (χ0) is 25.4. The van der Waals surface area contributed by atoms with Crippen LogP contribution < -0.4 is 10.6 Å². The highest BCUT2D eigenvalue weighted by atomic mass is 32.1. The summed E-state index contributed by atoms with van der Waals surface area (Å²) in [6.07, 6.45) is 6.29. The van der Waals surface area contributed by atoms with Crippen LogP contribution in [0, 0.1) is 11.8 Å². The predicted molar refractivity (Wildman–Crippen MR) is 140 cm³/mol. The lowest BCUT2D eigenvalue weighted by molar-refractivity contribution is -0.138. The van der Waals surface area contributed by atoms with Gasteiger partial charge in [0.25, 0.3) is 11.8 Å². The van der Waals surface area contributed by atoms with Crippen LogP contribution in [0.25, 0.3) is 21.6 Å². The van der Waals surface area contributed by atoms with E-state index in [0.717, 1.165) is 46.7 Å². The maximum absolute atomic E-state index is 12.6. The number of amides is 2. The number of thiazole rings is 1. The molecule has 11 heteroatoms. The first-order chi connectivity index (χ1) is 17.3. The fourth-order valence-corrected chi connectivity index (χ4v) is 6.22. The number of likely N-dealkylation sites (N-methyl/N-ethyl adjacent to an activating group) is 1. The van der Waals surface area contributed by atoms with Crippen LogP contribution in [0.5, 0.6) is 0 Å². The van der Waals surface area contributed by atoms with E-state index in [1.807, 2.05) is 37.5 Å². The molecule has 5 rings (SSSR count). The van der Waals surface area contributed by atoms with Gasteiger partial charge in [0, 0.05) is 50.0 Å². The van der Waals surface area contributed by atoms with E-state index in [9.17, 15) is 14.7 Å². The van der Waals surface area contributed by atoms with Gasteiger partial charge in [0.2, 0.25) is 0 Å². The summed E-state index contributed by atoms with van der Waals surface area (Å²) in [5.74, 6) is 0.555. The SMILES string of the molecule is C[C@H](O)C(=O)N1C[C@H]2CC(Nc3c(-c4ncc(C(=O)NCCN(C)C)s4)cnc4[nH]ccc34)C[C@H]2C1. The quantitative estimate of drug-likeness (QED) is 0.364. The molecule has 2 aliphatic rings. The summed E-state index contributed by atoms with van der Waals surface area (Å²) in [5.41, 5.74) is 2.64. The molecule has 2 fully saturated rings. The van der Waals surface area contributed by atoms with Gasteiger partial charge in [0.15, 0.2) is 0 Å². The normalized spacial score (nSPS) is 22.2. The van der Waals surface area contributed by atoms with Crippen LogP contribution in [-0.2, 0) is 4.79 Å². The molecule has 192 valence electrons. The summed E-state index contributed by atoms with van der Waals surface area (Å²) in [7, 11) is 3.94. The molecule has 36 heavy (non-hydrogen) atoms. The summed E-state index contributed by atoms with van der Waals surface area (Å²) in [6, 6.07) is 2.27. The van der Waals surface area contributed by atoms with Crippen LogP contribution in [0.1, 0.15) is 29.4 Å². The van der Waals surface area contributed by atoms with Crippen LogP contribution in [0.15, 0.2) is 24.7 Å². The first-order valence-corrected chi connectivity index (χ1v) is 13.2. The Morgan fingerprint density at radius 2 is 2.00 bits per heavy atom. The Morgan fingerprint density at radius 1 is 1.25 bits per heavy atom. The number of pyridine rings is 1. The Bertz CT molecular complexity index is 1240. The Hall–Kier alpha value is -3.02. The molecule has 1 aliphatic heterocycles. The number of carbonyl (C=O) groups is 2. The van der Waals surface area contributed by atoms with Crippen LogP contribution >= 0.6 is 11.3 Å². The van der Waals surface area contributed by atoms with Gasteiger partial charge in [-0.2, -0.15) is 0 Å². The highest BCUT2D eigenvalue weighted by Gasteiger charge is 2.43. The van der Waals surface area contributed by atoms with Gasteiger partial charge in [-0.25, -0.2) is 9.97 Å². The van der Waals surface area contributed by atoms with Crippen molar-refractivity contribution < 1.29 is 14.7 Å². The molecule has 1 aliphatic carbocycles. The third kappa shape index (κ3) is 4.95. The number of hydrogen-bond acceptors (Lipinski definition) is 8. The van der Waals surface area contributed by atoms with Crippen molar-refractivity contribution in [1.82, 2.24) is 30.1 Å².